The zero-order valence-corrected chi connectivity index (χ0v) is 16.4. The highest BCUT2D eigenvalue weighted by atomic mass is 35.5. The van der Waals surface area contributed by atoms with Gasteiger partial charge in [-0.15, -0.1) is 0 Å². The van der Waals surface area contributed by atoms with Gasteiger partial charge in [0.2, 0.25) is 5.91 Å². The zero-order chi connectivity index (χ0) is 19.1. The Kier molecular flexibility index (Phi) is 7.16. The largest absolute Gasteiger partial charge is 0.356 e. The second kappa shape index (κ2) is 9.79. The maximum absolute atomic E-state index is 12.4. The van der Waals surface area contributed by atoms with E-state index in [9.17, 15) is 9.59 Å². The van der Waals surface area contributed by atoms with Gasteiger partial charge < -0.3 is 15.5 Å². The van der Waals surface area contributed by atoms with Crippen molar-refractivity contribution in [2.75, 3.05) is 25.0 Å². The first-order valence-corrected chi connectivity index (χ1v) is 10.3. The summed E-state index contributed by atoms with van der Waals surface area (Å²) < 4.78 is 0. The van der Waals surface area contributed by atoms with Gasteiger partial charge in [-0.1, -0.05) is 29.3 Å². The summed E-state index contributed by atoms with van der Waals surface area (Å²) in [6.45, 7) is 1.91. The van der Waals surface area contributed by atoms with Gasteiger partial charge in [-0.2, -0.15) is 0 Å². The maximum Gasteiger partial charge on any atom is 0.321 e. The van der Waals surface area contributed by atoms with Gasteiger partial charge in [0.1, 0.15) is 0 Å². The standard InChI is InChI=1S/C21H28ClN3O2/c22-18-7-4-8-19(15-18)24-21(27)25-13-10-17(11-14-25)20(26)23-12-9-16-5-2-1-3-6-16/h4-5,7-8,15,17H,1-3,6,9-14H2,(H,23,26)(H,24,27). The van der Waals surface area contributed by atoms with Crippen LogP contribution in [0.25, 0.3) is 0 Å². The fourth-order valence-corrected chi connectivity index (χ4v) is 3.93. The SMILES string of the molecule is O=C(NCCC1=CCCCC1)C1CCN(C(=O)Nc2cccc(Cl)c2)CC1. The Hall–Kier alpha value is -2.01. The molecule has 1 saturated heterocycles. The highest BCUT2D eigenvalue weighted by molar-refractivity contribution is 6.30. The molecule has 0 aromatic heterocycles. The molecule has 2 N–H and O–H groups in total. The minimum Gasteiger partial charge on any atom is -0.356 e. The molecule has 1 aromatic rings. The van der Waals surface area contributed by atoms with Crippen molar-refractivity contribution in [1.29, 1.82) is 0 Å². The highest BCUT2D eigenvalue weighted by Gasteiger charge is 2.27. The lowest BCUT2D eigenvalue weighted by atomic mass is 9.95. The second-order valence-electron chi connectivity index (χ2n) is 7.35. The molecule has 1 aromatic carbocycles. The number of amides is 3. The van der Waals surface area contributed by atoms with Crippen LogP contribution in [-0.4, -0.2) is 36.5 Å². The molecule has 0 spiro atoms. The fraction of sp³-hybridized carbons (Fsp3) is 0.524. The summed E-state index contributed by atoms with van der Waals surface area (Å²) >= 11 is 5.95. The van der Waals surface area contributed by atoms with E-state index in [0.29, 0.717) is 36.6 Å². The molecule has 0 bridgehead atoms. The molecule has 1 heterocycles. The van der Waals surface area contributed by atoms with E-state index in [4.69, 9.17) is 11.6 Å². The van der Waals surface area contributed by atoms with Crippen LogP contribution >= 0.6 is 11.6 Å². The number of rotatable bonds is 5. The van der Waals surface area contributed by atoms with Crippen LogP contribution in [0.15, 0.2) is 35.9 Å². The Labute approximate surface area is 166 Å². The van der Waals surface area contributed by atoms with Crippen molar-refractivity contribution >= 4 is 29.2 Å². The van der Waals surface area contributed by atoms with Gasteiger partial charge in [0.15, 0.2) is 0 Å². The lowest BCUT2D eigenvalue weighted by Gasteiger charge is -2.31. The van der Waals surface area contributed by atoms with Crippen LogP contribution < -0.4 is 10.6 Å². The molecule has 5 nitrogen and oxygen atoms in total. The predicted molar refractivity (Wildman–Crippen MR) is 109 cm³/mol. The third-order valence-electron chi connectivity index (χ3n) is 5.36. The van der Waals surface area contributed by atoms with E-state index in [1.54, 1.807) is 23.1 Å². The number of carbonyl (C=O) groups excluding carboxylic acids is 2. The average molecular weight is 390 g/mol. The number of urea groups is 1. The molecule has 3 rings (SSSR count). The highest BCUT2D eigenvalue weighted by Crippen LogP contribution is 2.21. The van der Waals surface area contributed by atoms with Gasteiger partial charge in [-0.25, -0.2) is 4.79 Å². The molecule has 6 heteroatoms. The Morgan fingerprint density at radius 1 is 1.19 bits per heavy atom. The summed E-state index contributed by atoms with van der Waals surface area (Å²) in [6.07, 6.45) is 9.62. The lowest BCUT2D eigenvalue weighted by molar-refractivity contribution is -0.126. The molecule has 1 aliphatic carbocycles. The maximum atomic E-state index is 12.4. The third kappa shape index (κ3) is 5.99. The first kappa shape index (κ1) is 19.7. The topological polar surface area (TPSA) is 61.4 Å². The summed E-state index contributed by atoms with van der Waals surface area (Å²) in [4.78, 5) is 26.5. The number of halogens is 1. The van der Waals surface area contributed by atoms with E-state index >= 15 is 0 Å². The average Bonchev–Trinajstić information content (AvgIpc) is 2.69. The van der Waals surface area contributed by atoms with Crippen LogP contribution in [0.1, 0.15) is 44.9 Å². The monoisotopic (exact) mass is 389 g/mol. The van der Waals surface area contributed by atoms with E-state index < -0.39 is 0 Å². The van der Waals surface area contributed by atoms with Gasteiger partial charge in [0.05, 0.1) is 0 Å². The zero-order valence-electron chi connectivity index (χ0n) is 15.7. The second-order valence-corrected chi connectivity index (χ2v) is 7.79. The van der Waals surface area contributed by atoms with E-state index in [0.717, 1.165) is 13.0 Å². The molecule has 0 saturated carbocycles. The van der Waals surface area contributed by atoms with Crippen LogP contribution in [0.3, 0.4) is 0 Å². The van der Waals surface area contributed by atoms with Crippen LogP contribution in [0.5, 0.6) is 0 Å². The van der Waals surface area contributed by atoms with Crippen molar-refractivity contribution in [3.05, 3.63) is 40.9 Å². The Balaban J connectivity index is 1.38. The number of nitrogens with one attached hydrogen (secondary N) is 2. The minimum absolute atomic E-state index is 0.000514. The van der Waals surface area contributed by atoms with E-state index in [2.05, 4.69) is 16.7 Å². The van der Waals surface area contributed by atoms with Crippen LogP contribution in [0.4, 0.5) is 10.5 Å². The van der Waals surface area contributed by atoms with Crippen LogP contribution in [0.2, 0.25) is 5.02 Å². The molecular formula is C21H28ClN3O2. The molecule has 0 unspecified atom stereocenters. The first-order chi connectivity index (χ1) is 13.1. The number of allylic oxidation sites excluding steroid dienone is 1. The molecule has 1 aliphatic heterocycles. The quantitative estimate of drug-likeness (QED) is 0.723. The van der Waals surface area contributed by atoms with Gasteiger partial charge in [-0.05, 0) is 63.1 Å². The number of nitrogens with zero attached hydrogens (tertiary/aromatic N) is 1. The van der Waals surface area contributed by atoms with Gasteiger partial charge >= 0.3 is 6.03 Å². The van der Waals surface area contributed by atoms with Gasteiger partial charge in [0, 0.05) is 36.3 Å². The lowest BCUT2D eigenvalue weighted by Crippen LogP contribution is -2.44. The van der Waals surface area contributed by atoms with Crippen molar-refractivity contribution < 1.29 is 9.59 Å². The molecule has 3 amide bonds. The molecule has 146 valence electrons. The van der Waals surface area contributed by atoms with E-state index in [1.165, 1.54) is 31.3 Å². The normalized spacial score (nSPS) is 18.0. The molecule has 1 fully saturated rings. The molecule has 27 heavy (non-hydrogen) atoms. The molecule has 0 atom stereocenters. The van der Waals surface area contributed by atoms with Gasteiger partial charge in [-0.3, -0.25) is 4.79 Å². The summed E-state index contributed by atoms with van der Waals surface area (Å²) in [5.41, 5.74) is 2.17. The van der Waals surface area contributed by atoms with Crippen molar-refractivity contribution in [1.82, 2.24) is 10.2 Å². The smallest absolute Gasteiger partial charge is 0.321 e. The number of benzene rings is 1. The summed E-state index contributed by atoms with van der Waals surface area (Å²) in [5, 5.41) is 6.53. The predicted octanol–water partition coefficient (Wildman–Crippen LogP) is 4.59. The number of anilines is 1. The van der Waals surface area contributed by atoms with Crippen molar-refractivity contribution in [2.45, 2.75) is 44.9 Å². The fourth-order valence-electron chi connectivity index (χ4n) is 3.74. The Morgan fingerprint density at radius 3 is 2.70 bits per heavy atom. The minimum atomic E-state index is -0.139. The molecule has 0 radical (unpaired) electrons. The molecule has 2 aliphatic rings. The number of hydrogen-bond acceptors (Lipinski definition) is 2. The number of likely N-dealkylation sites (tertiary alicyclic amines) is 1. The summed E-state index contributed by atoms with van der Waals surface area (Å²) in [5.74, 6) is 0.127. The third-order valence-corrected chi connectivity index (χ3v) is 5.59. The van der Waals surface area contributed by atoms with Crippen molar-refractivity contribution in [3.63, 3.8) is 0 Å². The molecular weight excluding hydrogens is 362 g/mol. The van der Waals surface area contributed by atoms with E-state index in [-0.39, 0.29) is 17.9 Å². The number of piperidine rings is 1. The number of hydrogen-bond donors (Lipinski definition) is 2. The summed E-state index contributed by atoms with van der Waals surface area (Å²) in [6, 6.07) is 6.97. The van der Waals surface area contributed by atoms with Crippen LogP contribution in [-0.2, 0) is 4.79 Å². The van der Waals surface area contributed by atoms with E-state index in [1.807, 2.05) is 6.07 Å². The van der Waals surface area contributed by atoms with Crippen LogP contribution in [0, 0.1) is 5.92 Å². The Bertz CT molecular complexity index is 696. The van der Waals surface area contributed by atoms with Gasteiger partial charge in [0.25, 0.3) is 0 Å². The van der Waals surface area contributed by atoms with Crippen molar-refractivity contribution in [2.24, 2.45) is 5.92 Å². The first-order valence-electron chi connectivity index (χ1n) is 9.89. The Morgan fingerprint density at radius 2 is 2.00 bits per heavy atom. The number of carbonyl (C=O) groups is 2. The van der Waals surface area contributed by atoms with Crippen molar-refractivity contribution in [3.8, 4) is 0 Å². The summed E-state index contributed by atoms with van der Waals surface area (Å²) in [7, 11) is 0.